The Bertz CT molecular complexity index is 901. The lowest BCUT2D eigenvalue weighted by atomic mass is 9.46. The summed E-state index contributed by atoms with van der Waals surface area (Å²) < 4.78 is 12.0. The third-order valence-corrected chi connectivity index (χ3v) is 13.7. The van der Waals surface area contributed by atoms with Gasteiger partial charge in [-0.05, 0) is 123 Å². The van der Waals surface area contributed by atoms with Crippen molar-refractivity contribution in [1.82, 2.24) is 4.90 Å². The van der Waals surface area contributed by atoms with Gasteiger partial charge in [0.15, 0.2) is 0 Å². The molecule has 0 aromatic heterocycles. The first kappa shape index (κ1) is 38.4. The van der Waals surface area contributed by atoms with Gasteiger partial charge in [-0.1, -0.05) is 91.7 Å². The molecule has 46 heavy (non-hydrogen) atoms. The van der Waals surface area contributed by atoms with E-state index in [1.54, 1.807) is 11.1 Å². The summed E-state index contributed by atoms with van der Waals surface area (Å²) in [5.74, 6) is 5.08. The smallest absolute Gasteiger partial charge is 0.0578 e. The molecule has 1 N–H and O–H groups in total. The van der Waals surface area contributed by atoms with E-state index in [0.717, 1.165) is 120 Å². The van der Waals surface area contributed by atoms with Gasteiger partial charge in [0.2, 0.25) is 0 Å². The van der Waals surface area contributed by atoms with E-state index in [1.807, 2.05) is 0 Å². The van der Waals surface area contributed by atoms with Gasteiger partial charge in [-0.25, -0.2) is 0 Å². The second kappa shape index (κ2) is 18.5. The van der Waals surface area contributed by atoms with Crippen molar-refractivity contribution in [3.8, 4) is 0 Å². The number of fused-ring (bicyclic) bond motifs is 5. The molecule has 4 heteroatoms. The molecule has 8 atom stereocenters. The predicted octanol–water partition coefficient (Wildman–Crippen LogP) is 10.5. The van der Waals surface area contributed by atoms with Gasteiger partial charge in [0.1, 0.15) is 0 Å². The van der Waals surface area contributed by atoms with E-state index in [-0.39, 0.29) is 11.5 Å². The lowest BCUT2D eigenvalue weighted by molar-refractivity contribution is -0.0606. The predicted molar refractivity (Wildman–Crippen MR) is 195 cm³/mol. The normalized spacial score (nSPS) is 33.4. The summed E-state index contributed by atoms with van der Waals surface area (Å²) in [7, 11) is 0. The molecular formula is C42H77NO3. The average molecular weight is 644 g/mol. The molecule has 0 aromatic rings. The SMILES string of the molecule is CCCCOCCCN(CCCOCCCC)CC1=C2C[C@@H](O)CC[C@]2(C)[C@H]2CC[C@]3(C)[C@@H]([C@H](C)CCCC(C)C)CC[C@H]3[C@@H]2C1. The molecule has 0 unspecified atom stereocenters. The van der Waals surface area contributed by atoms with Crippen LogP contribution in [0.1, 0.15) is 158 Å². The van der Waals surface area contributed by atoms with Crippen LogP contribution in [-0.2, 0) is 9.47 Å². The summed E-state index contributed by atoms with van der Waals surface area (Å²) in [5.41, 5.74) is 4.18. The van der Waals surface area contributed by atoms with E-state index in [9.17, 15) is 5.11 Å². The maximum atomic E-state index is 11.0. The highest BCUT2D eigenvalue weighted by molar-refractivity contribution is 5.32. The minimum absolute atomic E-state index is 0.154. The Balaban J connectivity index is 1.50. The zero-order valence-corrected chi connectivity index (χ0v) is 31.7. The van der Waals surface area contributed by atoms with Gasteiger partial charge >= 0.3 is 0 Å². The zero-order valence-electron chi connectivity index (χ0n) is 31.7. The molecule has 268 valence electrons. The minimum atomic E-state index is -0.154. The fraction of sp³-hybridized carbons (Fsp3) is 0.952. The van der Waals surface area contributed by atoms with Crippen LogP contribution in [0.2, 0.25) is 0 Å². The Morgan fingerprint density at radius 1 is 0.761 bits per heavy atom. The van der Waals surface area contributed by atoms with Gasteiger partial charge in [-0.15, -0.1) is 0 Å². The lowest BCUT2D eigenvalue weighted by Gasteiger charge is -2.59. The van der Waals surface area contributed by atoms with Gasteiger partial charge in [0, 0.05) is 46.1 Å². The Morgan fingerprint density at radius 3 is 2.04 bits per heavy atom. The van der Waals surface area contributed by atoms with Gasteiger partial charge in [0.25, 0.3) is 0 Å². The van der Waals surface area contributed by atoms with Crippen molar-refractivity contribution in [2.45, 2.75) is 164 Å². The first-order valence-electron chi connectivity index (χ1n) is 20.4. The summed E-state index contributed by atoms with van der Waals surface area (Å²) in [4.78, 5) is 2.74. The standard InChI is InChI=1S/C42H77NO3/c1-8-10-25-45-27-13-23-43(24-14-28-46-26-11-9-2)31-34-29-36-38-18-17-37(33(5)16-12-15-32(3)4)41(38,6)22-20-39(36)42(7)21-19-35(44)30-40(34)42/h32-33,35-39,44H,8-31H2,1-7H3/t33-,35+,36+,37-,38+,39+,41-,42-/m1/s1. The number of aliphatic hydroxyl groups excluding tert-OH is 1. The number of hydrogen-bond donors (Lipinski definition) is 1. The molecule has 0 radical (unpaired) electrons. The van der Waals surface area contributed by atoms with Gasteiger partial charge in [0.05, 0.1) is 6.10 Å². The quantitative estimate of drug-likeness (QED) is 0.0998. The summed E-state index contributed by atoms with van der Waals surface area (Å²) in [5, 5.41) is 11.0. The molecule has 0 spiro atoms. The minimum Gasteiger partial charge on any atom is -0.393 e. The van der Waals surface area contributed by atoms with E-state index in [4.69, 9.17) is 9.47 Å². The number of unbranched alkanes of at least 4 members (excludes halogenated alkanes) is 2. The maximum Gasteiger partial charge on any atom is 0.0578 e. The van der Waals surface area contributed by atoms with Crippen LogP contribution < -0.4 is 0 Å². The largest absolute Gasteiger partial charge is 0.393 e. The number of aliphatic hydroxyl groups is 1. The van der Waals surface area contributed by atoms with Crippen LogP contribution in [0.15, 0.2) is 11.1 Å². The molecule has 0 aromatic carbocycles. The van der Waals surface area contributed by atoms with Crippen molar-refractivity contribution in [1.29, 1.82) is 0 Å². The second-order valence-electron chi connectivity index (χ2n) is 17.4. The first-order valence-corrected chi connectivity index (χ1v) is 20.4. The fourth-order valence-electron chi connectivity index (χ4n) is 11.1. The van der Waals surface area contributed by atoms with Crippen molar-refractivity contribution in [2.75, 3.05) is 46.1 Å². The molecule has 4 rings (SSSR count). The van der Waals surface area contributed by atoms with E-state index >= 15 is 0 Å². The van der Waals surface area contributed by atoms with Crippen molar-refractivity contribution in [3.63, 3.8) is 0 Å². The zero-order chi connectivity index (χ0) is 33.2. The Kier molecular flexibility index (Phi) is 15.5. The maximum absolute atomic E-state index is 11.0. The van der Waals surface area contributed by atoms with Gasteiger partial charge in [-0.3, -0.25) is 4.90 Å². The number of rotatable bonds is 21. The lowest BCUT2D eigenvalue weighted by Crippen LogP contribution is -2.52. The monoisotopic (exact) mass is 644 g/mol. The van der Waals surface area contributed by atoms with E-state index in [0.29, 0.717) is 5.41 Å². The van der Waals surface area contributed by atoms with Crippen LogP contribution in [0.5, 0.6) is 0 Å². The molecule has 3 saturated carbocycles. The Morgan fingerprint density at radius 2 is 1.41 bits per heavy atom. The molecular weight excluding hydrogens is 566 g/mol. The van der Waals surface area contributed by atoms with E-state index in [1.165, 1.54) is 70.6 Å². The van der Waals surface area contributed by atoms with Crippen molar-refractivity contribution >= 4 is 0 Å². The van der Waals surface area contributed by atoms with Crippen LogP contribution in [0.4, 0.5) is 0 Å². The van der Waals surface area contributed by atoms with Crippen LogP contribution in [0, 0.1) is 46.3 Å². The average Bonchev–Trinajstić information content (AvgIpc) is 3.38. The summed E-state index contributed by atoms with van der Waals surface area (Å²) in [6.07, 6.45) is 21.1. The highest BCUT2D eigenvalue weighted by Gasteiger charge is 2.60. The van der Waals surface area contributed by atoms with Crippen LogP contribution in [0.3, 0.4) is 0 Å². The number of nitrogens with zero attached hydrogens (tertiary/aromatic N) is 1. The third kappa shape index (κ3) is 9.63. The molecule has 0 saturated heterocycles. The third-order valence-electron chi connectivity index (χ3n) is 13.7. The highest BCUT2D eigenvalue weighted by atomic mass is 16.5. The van der Waals surface area contributed by atoms with Gasteiger partial charge in [-0.2, -0.15) is 0 Å². The molecule has 4 nitrogen and oxygen atoms in total. The summed E-state index contributed by atoms with van der Waals surface area (Å²) >= 11 is 0. The Hall–Kier alpha value is -0.420. The number of hydrogen-bond acceptors (Lipinski definition) is 4. The molecule has 0 aliphatic heterocycles. The molecule has 0 bridgehead atoms. The topological polar surface area (TPSA) is 41.9 Å². The highest BCUT2D eigenvalue weighted by Crippen LogP contribution is 2.68. The summed E-state index contributed by atoms with van der Waals surface area (Å²) in [6.45, 7) is 24.0. The van der Waals surface area contributed by atoms with Crippen molar-refractivity contribution < 1.29 is 14.6 Å². The van der Waals surface area contributed by atoms with E-state index in [2.05, 4.69) is 53.4 Å². The fourth-order valence-corrected chi connectivity index (χ4v) is 11.1. The van der Waals surface area contributed by atoms with Crippen molar-refractivity contribution in [3.05, 3.63) is 11.1 Å². The number of ether oxygens (including phenoxy) is 2. The van der Waals surface area contributed by atoms with E-state index < -0.39 is 0 Å². The molecule has 0 amide bonds. The molecule has 4 aliphatic rings. The van der Waals surface area contributed by atoms with Crippen LogP contribution in [0.25, 0.3) is 0 Å². The van der Waals surface area contributed by atoms with Crippen molar-refractivity contribution in [2.24, 2.45) is 46.3 Å². The van der Waals surface area contributed by atoms with Gasteiger partial charge < -0.3 is 14.6 Å². The van der Waals surface area contributed by atoms with Crippen LogP contribution >= 0.6 is 0 Å². The molecule has 3 fully saturated rings. The summed E-state index contributed by atoms with van der Waals surface area (Å²) in [6, 6.07) is 0. The second-order valence-corrected chi connectivity index (χ2v) is 17.4. The molecule has 4 aliphatic carbocycles. The van der Waals surface area contributed by atoms with Crippen LogP contribution in [-0.4, -0.2) is 62.2 Å². The first-order chi connectivity index (χ1) is 22.1. The Labute approximate surface area is 286 Å². The molecule has 0 heterocycles.